The number of nitrogens with zero attached hydrogens (tertiary/aromatic N) is 1. The minimum atomic E-state index is -4.70. The first-order chi connectivity index (χ1) is 10.9. The van der Waals surface area contributed by atoms with Gasteiger partial charge in [-0.05, 0) is 44.9 Å². The Balaban J connectivity index is 1.90. The zero-order chi connectivity index (χ0) is 18.0. The summed E-state index contributed by atoms with van der Waals surface area (Å²) in [5.41, 5.74) is -5.63. The van der Waals surface area contributed by atoms with Crippen LogP contribution >= 0.6 is 0 Å². The highest BCUT2D eigenvalue weighted by molar-refractivity contribution is 5.78. The van der Waals surface area contributed by atoms with Crippen LogP contribution in [0.15, 0.2) is 0 Å². The van der Waals surface area contributed by atoms with Gasteiger partial charge in [-0.3, -0.25) is 4.79 Å². The van der Waals surface area contributed by atoms with Crippen LogP contribution in [0.2, 0.25) is 0 Å². The van der Waals surface area contributed by atoms with Crippen molar-refractivity contribution in [2.75, 3.05) is 0 Å². The van der Waals surface area contributed by atoms with E-state index in [4.69, 9.17) is 4.74 Å². The highest BCUT2D eigenvalue weighted by atomic mass is 19.4. The predicted molar refractivity (Wildman–Crippen MR) is 77.5 cm³/mol. The Kier molecular flexibility index (Phi) is 3.56. The lowest BCUT2D eigenvalue weighted by Gasteiger charge is -2.62. The molecule has 7 heteroatoms. The summed E-state index contributed by atoms with van der Waals surface area (Å²) >= 11 is 0. The van der Waals surface area contributed by atoms with Crippen LogP contribution in [-0.2, 0) is 9.53 Å². The minimum absolute atomic E-state index is 0.0115. The van der Waals surface area contributed by atoms with Crippen LogP contribution in [0.3, 0.4) is 0 Å². The van der Waals surface area contributed by atoms with Gasteiger partial charge in [-0.15, -0.1) is 0 Å². The van der Waals surface area contributed by atoms with Crippen LogP contribution in [-0.4, -0.2) is 28.5 Å². The Morgan fingerprint density at radius 1 is 1.29 bits per heavy atom. The number of alkyl halides is 3. The fourth-order valence-corrected chi connectivity index (χ4v) is 5.31. The molecule has 0 amide bonds. The molecular formula is C17H22F3NO3. The fourth-order valence-electron chi connectivity index (χ4n) is 5.31. The maximum absolute atomic E-state index is 13.3. The molecular weight excluding hydrogens is 323 g/mol. The SMILES string of the molecule is CCC(C)(C(=O)OC12CC3CC(O)(CC(C#N)(C3)C1)C2)C(F)(F)F. The van der Waals surface area contributed by atoms with Gasteiger partial charge in [0.2, 0.25) is 0 Å². The van der Waals surface area contributed by atoms with E-state index in [1.54, 1.807) is 0 Å². The van der Waals surface area contributed by atoms with Crippen LogP contribution in [0, 0.1) is 28.1 Å². The monoisotopic (exact) mass is 345 g/mol. The van der Waals surface area contributed by atoms with E-state index in [0.717, 1.165) is 6.92 Å². The zero-order valence-corrected chi connectivity index (χ0v) is 13.9. The van der Waals surface area contributed by atoms with E-state index in [-0.39, 0.29) is 18.8 Å². The summed E-state index contributed by atoms with van der Waals surface area (Å²) in [6.07, 6.45) is -2.87. The molecule has 4 nitrogen and oxygen atoms in total. The fraction of sp³-hybridized carbons (Fsp3) is 0.882. The molecule has 4 aliphatic rings. The van der Waals surface area contributed by atoms with E-state index < -0.39 is 40.6 Å². The van der Waals surface area contributed by atoms with E-state index in [0.29, 0.717) is 25.7 Å². The first-order valence-corrected chi connectivity index (χ1v) is 8.34. The molecule has 4 aliphatic carbocycles. The standard InChI is InChI=1S/C17H22F3NO3/c1-3-13(2,17(18,19)20)12(22)24-16-6-11-4-14(8-16,10-21)7-15(23,5-11)9-16/h11,23H,3-9H2,1-2H3. The average molecular weight is 345 g/mol. The normalized spacial score (nSPS) is 43.1. The van der Waals surface area contributed by atoms with Crippen molar-refractivity contribution >= 4 is 5.97 Å². The van der Waals surface area contributed by atoms with Crippen LogP contribution < -0.4 is 0 Å². The van der Waals surface area contributed by atoms with Crippen LogP contribution in [0.25, 0.3) is 0 Å². The van der Waals surface area contributed by atoms with E-state index in [1.165, 1.54) is 6.92 Å². The van der Waals surface area contributed by atoms with Gasteiger partial charge < -0.3 is 9.84 Å². The van der Waals surface area contributed by atoms with E-state index in [9.17, 15) is 28.3 Å². The number of hydrogen-bond acceptors (Lipinski definition) is 4. The number of ether oxygens (including phenoxy) is 1. The Morgan fingerprint density at radius 2 is 1.96 bits per heavy atom. The third kappa shape index (κ3) is 2.42. The molecule has 4 rings (SSSR count). The number of esters is 1. The molecule has 134 valence electrons. The van der Waals surface area contributed by atoms with Crippen molar-refractivity contribution in [2.45, 2.75) is 76.2 Å². The van der Waals surface area contributed by atoms with Gasteiger partial charge in [-0.2, -0.15) is 18.4 Å². The van der Waals surface area contributed by atoms with E-state index >= 15 is 0 Å². The van der Waals surface area contributed by atoms with Gasteiger partial charge in [-0.1, -0.05) is 6.92 Å². The van der Waals surface area contributed by atoms with Crippen LogP contribution in [0.5, 0.6) is 0 Å². The molecule has 0 saturated heterocycles. The molecule has 0 aliphatic heterocycles. The van der Waals surface area contributed by atoms with Gasteiger partial charge >= 0.3 is 12.1 Å². The van der Waals surface area contributed by atoms with Crippen molar-refractivity contribution in [3.05, 3.63) is 0 Å². The number of rotatable bonds is 3. The van der Waals surface area contributed by atoms with Gasteiger partial charge in [-0.25, -0.2) is 0 Å². The second-order valence-corrected chi connectivity index (χ2v) is 8.38. The molecule has 4 bridgehead atoms. The average Bonchev–Trinajstić information content (AvgIpc) is 2.41. The Labute approximate surface area is 139 Å². The zero-order valence-electron chi connectivity index (χ0n) is 13.9. The van der Waals surface area contributed by atoms with Crippen LogP contribution in [0.1, 0.15) is 58.8 Å². The van der Waals surface area contributed by atoms with Gasteiger partial charge in [0.15, 0.2) is 5.41 Å². The summed E-state index contributed by atoms with van der Waals surface area (Å²) < 4.78 is 45.4. The molecule has 0 heterocycles. The summed E-state index contributed by atoms with van der Waals surface area (Å²) in [5.74, 6) is -1.28. The highest BCUT2D eigenvalue weighted by Crippen LogP contribution is 2.64. The number of carbonyl (C=O) groups excluding carboxylic acids is 1. The quantitative estimate of drug-likeness (QED) is 0.795. The summed E-state index contributed by atoms with van der Waals surface area (Å²) in [6, 6.07) is 2.24. The molecule has 0 aromatic rings. The van der Waals surface area contributed by atoms with Crippen molar-refractivity contribution in [3.8, 4) is 6.07 Å². The Morgan fingerprint density at radius 3 is 2.46 bits per heavy atom. The van der Waals surface area contributed by atoms with Crippen molar-refractivity contribution < 1.29 is 27.8 Å². The van der Waals surface area contributed by atoms with Gasteiger partial charge in [0, 0.05) is 12.8 Å². The summed E-state index contributed by atoms with van der Waals surface area (Å²) in [7, 11) is 0. The third-order valence-electron chi connectivity index (χ3n) is 6.32. The third-order valence-corrected chi connectivity index (χ3v) is 6.32. The van der Waals surface area contributed by atoms with Crippen LogP contribution in [0.4, 0.5) is 13.2 Å². The first-order valence-electron chi connectivity index (χ1n) is 8.34. The highest BCUT2D eigenvalue weighted by Gasteiger charge is 2.67. The maximum Gasteiger partial charge on any atom is 0.404 e. The molecule has 5 unspecified atom stereocenters. The number of hydrogen-bond donors (Lipinski definition) is 1. The van der Waals surface area contributed by atoms with Crippen molar-refractivity contribution in [2.24, 2.45) is 16.7 Å². The Hall–Kier alpha value is -1.29. The molecule has 0 radical (unpaired) electrons. The first kappa shape index (κ1) is 17.5. The number of halogens is 3. The van der Waals surface area contributed by atoms with Gasteiger partial charge in [0.1, 0.15) is 5.60 Å². The number of nitriles is 1. The molecule has 0 aromatic heterocycles. The van der Waals surface area contributed by atoms with Crippen molar-refractivity contribution in [1.82, 2.24) is 0 Å². The predicted octanol–water partition coefficient (Wildman–Crippen LogP) is 3.49. The molecule has 1 N–H and O–H groups in total. The molecule has 5 atom stereocenters. The lowest BCUT2D eigenvalue weighted by Crippen LogP contribution is -2.64. The number of aliphatic hydroxyl groups is 1. The van der Waals surface area contributed by atoms with E-state index in [2.05, 4.69) is 6.07 Å². The lowest BCUT2D eigenvalue weighted by molar-refractivity contribution is -0.261. The minimum Gasteiger partial charge on any atom is -0.458 e. The molecule has 0 aromatic carbocycles. The van der Waals surface area contributed by atoms with E-state index in [1.807, 2.05) is 0 Å². The second kappa shape index (κ2) is 4.87. The molecule has 4 saturated carbocycles. The molecule has 0 spiro atoms. The topological polar surface area (TPSA) is 70.3 Å². The summed E-state index contributed by atoms with van der Waals surface area (Å²) in [6.45, 7) is 2.16. The lowest BCUT2D eigenvalue weighted by atomic mass is 9.46. The Bertz CT molecular complexity index is 615. The maximum atomic E-state index is 13.3. The number of carbonyl (C=O) groups is 1. The summed E-state index contributed by atoms with van der Waals surface area (Å²) in [4.78, 5) is 12.4. The molecule has 24 heavy (non-hydrogen) atoms. The second-order valence-electron chi connectivity index (χ2n) is 8.38. The van der Waals surface area contributed by atoms with Crippen molar-refractivity contribution in [3.63, 3.8) is 0 Å². The molecule has 4 fully saturated rings. The smallest absolute Gasteiger partial charge is 0.404 e. The summed E-state index contributed by atoms with van der Waals surface area (Å²) in [5, 5.41) is 20.3. The largest absolute Gasteiger partial charge is 0.458 e. The van der Waals surface area contributed by atoms with Gasteiger partial charge in [0.25, 0.3) is 0 Å². The van der Waals surface area contributed by atoms with Crippen molar-refractivity contribution in [1.29, 1.82) is 5.26 Å². The van der Waals surface area contributed by atoms with Gasteiger partial charge in [0.05, 0.1) is 17.1 Å².